The predicted molar refractivity (Wildman–Crippen MR) is 129 cm³/mol. The molecule has 0 unspecified atom stereocenters. The summed E-state index contributed by atoms with van der Waals surface area (Å²) in [5.41, 5.74) is 4.85. The van der Waals surface area contributed by atoms with E-state index in [1.165, 1.54) is 0 Å². The number of hydrogen-bond donors (Lipinski definition) is 2. The highest BCUT2D eigenvalue weighted by Gasteiger charge is 2.17. The van der Waals surface area contributed by atoms with Crippen LogP contribution in [-0.2, 0) is 24.3 Å². The van der Waals surface area contributed by atoms with Crippen LogP contribution in [0.2, 0.25) is 0 Å². The van der Waals surface area contributed by atoms with Crippen LogP contribution in [0.1, 0.15) is 22.5 Å². The fourth-order valence-corrected chi connectivity index (χ4v) is 3.78. The van der Waals surface area contributed by atoms with E-state index in [4.69, 9.17) is 4.74 Å². The summed E-state index contributed by atoms with van der Waals surface area (Å²) in [5.74, 6) is 1.27. The fourth-order valence-electron chi connectivity index (χ4n) is 3.78. The molecule has 170 valence electrons. The summed E-state index contributed by atoms with van der Waals surface area (Å²) in [4.78, 5) is 17.3. The average Bonchev–Trinajstić information content (AvgIpc) is 3.15. The molecule has 2 N–H and O–H groups in total. The molecule has 0 aliphatic carbocycles. The topological polar surface area (TPSA) is 76.4 Å². The molecule has 0 fully saturated rings. The normalized spacial score (nSPS) is 12.0. The lowest BCUT2D eigenvalue weighted by Gasteiger charge is -2.17. The van der Waals surface area contributed by atoms with E-state index in [9.17, 15) is 9.90 Å². The van der Waals surface area contributed by atoms with Crippen molar-refractivity contribution < 1.29 is 14.6 Å². The maximum atomic E-state index is 12.6. The molecule has 0 spiro atoms. The first-order chi connectivity index (χ1) is 16.0. The minimum Gasteiger partial charge on any atom is -0.491 e. The van der Waals surface area contributed by atoms with Gasteiger partial charge in [0.05, 0.1) is 24.0 Å². The SMILES string of the molecule is Cc1ccc(C)c(OC[C@H](O)Cn2c(CC(=O)NCc3ccccc3)nc3ccccc32)c1. The van der Waals surface area contributed by atoms with E-state index in [1.54, 1.807) is 0 Å². The number of aromatic nitrogens is 2. The van der Waals surface area contributed by atoms with Crippen LogP contribution in [-0.4, -0.2) is 33.3 Å². The van der Waals surface area contributed by atoms with Crippen molar-refractivity contribution in [2.45, 2.75) is 39.5 Å². The molecule has 1 heterocycles. The summed E-state index contributed by atoms with van der Waals surface area (Å²) in [5, 5.41) is 13.7. The number of hydrogen-bond acceptors (Lipinski definition) is 4. The third-order valence-corrected chi connectivity index (χ3v) is 5.55. The second-order valence-corrected chi connectivity index (χ2v) is 8.30. The Morgan fingerprint density at radius 1 is 1.06 bits per heavy atom. The first-order valence-electron chi connectivity index (χ1n) is 11.1. The number of rotatable bonds is 9. The standard InChI is InChI=1S/C27H29N3O3/c1-19-12-13-20(2)25(14-19)33-18-22(31)17-30-24-11-7-6-10-23(24)29-26(30)15-27(32)28-16-21-8-4-3-5-9-21/h3-14,22,31H,15-18H2,1-2H3,(H,28,32)/t22-/m1/s1. The van der Waals surface area contributed by atoms with Gasteiger partial charge in [-0.25, -0.2) is 4.98 Å². The van der Waals surface area contributed by atoms with Crippen molar-refractivity contribution in [3.63, 3.8) is 0 Å². The Hall–Kier alpha value is -3.64. The third-order valence-electron chi connectivity index (χ3n) is 5.55. The van der Waals surface area contributed by atoms with Gasteiger partial charge in [-0.1, -0.05) is 54.6 Å². The van der Waals surface area contributed by atoms with Gasteiger partial charge in [0.1, 0.15) is 24.3 Å². The van der Waals surface area contributed by atoms with Gasteiger partial charge in [-0.05, 0) is 48.7 Å². The van der Waals surface area contributed by atoms with E-state index < -0.39 is 6.10 Å². The van der Waals surface area contributed by atoms with Crippen LogP contribution in [0.15, 0.2) is 72.8 Å². The number of fused-ring (bicyclic) bond motifs is 1. The smallest absolute Gasteiger partial charge is 0.227 e. The van der Waals surface area contributed by atoms with Crippen molar-refractivity contribution in [2.24, 2.45) is 0 Å². The second-order valence-electron chi connectivity index (χ2n) is 8.30. The van der Waals surface area contributed by atoms with Gasteiger partial charge in [0.2, 0.25) is 5.91 Å². The molecule has 1 amide bonds. The number of aryl methyl sites for hydroxylation is 2. The van der Waals surface area contributed by atoms with E-state index in [1.807, 2.05) is 91.2 Å². The van der Waals surface area contributed by atoms with Gasteiger partial charge in [0.15, 0.2) is 0 Å². The zero-order valence-corrected chi connectivity index (χ0v) is 19.0. The van der Waals surface area contributed by atoms with Gasteiger partial charge in [0, 0.05) is 6.54 Å². The molecule has 4 rings (SSSR count). The number of nitrogens with zero attached hydrogens (tertiary/aromatic N) is 2. The van der Waals surface area contributed by atoms with Crippen molar-refractivity contribution in [1.29, 1.82) is 0 Å². The molecule has 0 radical (unpaired) electrons. The number of imidazole rings is 1. The van der Waals surface area contributed by atoms with E-state index in [-0.39, 0.29) is 25.5 Å². The molecule has 1 aromatic heterocycles. The summed E-state index contributed by atoms with van der Waals surface area (Å²) in [6.07, 6.45) is -0.625. The molecule has 0 aliphatic heterocycles. The van der Waals surface area contributed by atoms with Gasteiger partial charge < -0.3 is 19.7 Å². The first-order valence-corrected chi connectivity index (χ1v) is 11.1. The average molecular weight is 444 g/mol. The summed E-state index contributed by atoms with van der Waals surface area (Å²) < 4.78 is 7.80. The zero-order valence-electron chi connectivity index (χ0n) is 19.0. The Labute approximate surface area is 193 Å². The Balaban J connectivity index is 1.45. The summed E-state index contributed by atoms with van der Waals surface area (Å²) in [7, 11) is 0. The lowest BCUT2D eigenvalue weighted by Crippen LogP contribution is -2.28. The van der Waals surface area contributed by atoms with Crippen molar-refractivity contribution >= 4 is 16.9 Å². The van der Waals surface area contributed by atoms with Crippen LogP contribution >= 0.6 is 0 Å². The summed E-state index contributed by atoms with van der Waals surface area (Å²) >= 11 is 0. The molecule has 6 heteroatoms. The van der Waals surface area contributed by atoms with Crippen LogP contribution in [0.5, 0.6) is 5.75 Å². The third kappa shape index (κ3) is 5.79. The van der Waals surface area contributed by atoms with E-state index in [0.29, 0.717) is 12.4 Å². The number of para-hydroxylation sites is 2. The Bertz CT molecular complexity index is 1230. The monoisotopic (exact) mass is 443 g/mol. The number of carbonyl (C=O) groups excluding carboxylic acids is 1. The minimum absolute atomic E-state index is 0.114. The Morgan fingerprint density at radius 2 is 1.82 bits per heavy atom. The number of aliphatic hydroxyl groups excluding tert-OH is 1. The van der Waals surface area contributed by atoms with Gasteiger partial charge in [-0.3, -0.25) is 4.79 Å². The molecule has 4 aromatic rings. The molecule has 1 atom stereocenters. The van der Waals surface area contributed by atoms with E-state index in [0.717, 1.165) is 33.5 Å². The van der Waals surface area contributed by atoms with Crippen molar-refractivity contribution in [3.05, 3.63) is 95.3 Å². The van der Waals surface area contributed by atoms with Crippen LogP contribution in [0.25, 0.3) is 11.0 Å². The van der Waals surface area contributed by atoms with Gasteiger partial charge >= 0.3 is 0 Å². The van der Waals surface area contributed by atoms with Gasteiger partial charge in [-0.2, -0.15) is 0 Å². The van der Waals surface area contributed by atoms with Gasteiger partial charge in [-0.15, -0.1) is 0 Å². The number of aliphatic hydroxyl groups is 1. The predicted octanol–water partition coefficient (Wildman–Crippen LogP) is 3.95. The quantitative estimate of drug-likeness (QED) is 0.411. The lowest BCUT2D eigenvalue weighted by atomic mass is 10.1. The molecular weight excluding hydrogens is 414 g/mol. The maximum Gasteiger partial charge on any atom is 0.227 e. The number of nitrogens with one attached hydrogen (secondary N) is 1. The van der Waals surface area contributed by atoms with Crippen molar-refractivity contribution in [3.8, 4) is 5.75 Å². The highest BCUT2D eigenvalue weighted by molar-refractivity contribution is 5.81. The minimum atomic E-state index is -0.756. The summed E-state index contributed by atoms with van der Waals surface area (Å²) in [6, 6.07) is 23.5. The highest BCUT2D eigenvalue weighted by atomic mass is 16.5. The zero-order chi connectivity index (χ0) is 23.2. The highest BCUT2D eigenvalue weighted by Crippen LogP contribution is 2.20. The molecule has 0 saturated heterocycles. The molecule has 0 saturated carbocycles. The number of ether oxygens (including phenoxy) is 1. The van der Waals surface area contributed by atoms with E-state index in [2.05, 4.69) is 10.3 Å². The second kappa shape index (κ2) is 10.3. The number of carbonyl (C=O) groups is 1. The molecule has 6 nitrogen and oxygen atoms in total. The number of benzene rings is 3. The van der Waals surface area contributed by atoms with Crippen LogP contribution in [0, 0.1) is 13.8 Å². The maximum absolute atomic E-state index is 12.6. The lowest BCUT2D eigenvalue weighted by molar-refractivity contribution is -0.120. The molecule has 0 aliphatic rings. The van der Waals surface area contributed by atoms with Crippen molar-refractivity contribution in [2.75, 3.05) is 6.61 Å². The molecule has 0 bridgehead atoms. The Kier molecular flexibility index (Phi) is 7.05. The van der Waals surface area contributed by atoms with Crippen LogP contribution < -0.4 is 10.1 Å². The molecule has 3 aromatic carbocycles. The van der Waals surface area contributed by atoms with Gasteiger partial charge in [0.25, 0.3) is 0 Å². The van der Waals surface area contributed by atoms with Crippen LogP contribution in [0.3, 0.4) is 0 Å². The first kappa shape index (κ1) is 22.6. The fraction of sp³-hybridized carbons (Fsp3) is 0.259. The Morgan fingerprint density at radius 3 is 2.64 bits per heavy atom. The van der Waals surface area contributed by atoms with E-state index >= 15 is 0 Å². The van der Waals surface area contributed by atoms with Crippen LogP contribution in [0.4, 0.5) is 0 Å². The molecular formula is C27H29N3O3. The largest absolute Gasteiger partial charge is 0.491 e. The molecule has 33 heavy (non-hydrogen) atoms. The van der Waals surface area contributed by atoms with Crippen molar-refractivity contribution in [1.82, 2.24) is 14.9 Å². The number of amides is 1. The summed E-state index contributed by atoms with van der Waals surface area (Å²) in [6.45, 7) is 4.89.